The van der Waals surface area contributed by atoms with Crippen LogP contribution in [0.4, 0.5) is 4.39 Å². The zero-order chi connectivity index (χ0) is 12.5. The fourth-order valence-corrected chi connectivity index (χ4v) is 2.83. The molecule has 18 heavy (non-hydrogen) atoms. The summed E-state index contributed by atoms with van der Waals surface area (Å²) in [5.74, 6) is 0.333. The first-order chi connectivity index (χ1) is 8.74. The van der Waals surface area contributed by atoms with Crippen LogP contribution < -0.4 is 0 Å². The van der Waals surface area contributed by atoms with Gasteiger partial charge in [0.15, 0.2) is 0 Å². The second kappa shape index (κ2) is 4.52. The number of allylic oxidation sites excluding steroid dienone is 1. The van der Waals surface area contributed by atoms with Gasteiger partial charge in [0.25, 0.3) is 0 Å². The zero-order valence-corrected chi connectivity index (χ0v) is 10.3. The largest absolute Gasteiger partial charge is 0.256 e. The molecule has 1 fully saturated rings. The third-order valence-electron chi connectivity index (χ3n) is 3.87. The normalized spacial score (nSPS) is 17.3. The number of nitrogens with zero attached hydrogens (tertiary/aromatic N) is 1. The molecule has 1 aliphatic carbocycles. The average molecular weight is 241 g/mol. The van der Waals surface area contributed by atoms with Gasteiger partial charge in [-0.3, -0.25) is 4.98 Å². The molecule has 0 amide bonds. The summed E-state index contributed by atoms with van der Waals surface area (Å²) >= 11 is 0. The van der Waals surface area contributed by atoms with Crippen molar-refractivity contribution in [1.29, 1.82) is 0 Å². The maximum absolute atomic E-state index is 13.4. The number of benzene rings is 1. The molecule has 0 radical (unpaired) electrons. The summed E-state index contributed by atoms with van der Waals surface area (Å²) in [7, 11) is 0. The molecule has 1 saturated carbocycles. The van der Waals surface area contributed by atoms with Gasteiger partial charge in [0.1, 0.15) is 5.82 Å². The second-order valence-corrected chi connectivity index (χ2v) is 5.09. The molecule has 1 aromatic heterocycles. The summed E-state index contributed by atoms with van der Waals surface area (Å²) in [6.07, 6.45) is 6.25. The molecule has 2 heteroatoms. The third-order valence-corrected chi connectivity index (χ3v) is 3.87. The van der Waals surface area contributed by atoms with Crippen LogP contribution >= 0.6 is 0 Å². The third kappa shape index (κ3) is 2.03. The molecule has 3 rings (SSSR count). The second-order valence-electron chi connectivity index (χ2n) is 5.09. The van der Waals surface area contributed by atoms with E-state index in [9.17, 15) is 4.39 Å². The number of hydrogen-bond donors (Lipinski definition) is 0. The van der Waals surface area contributed by atoms with E-state index in [2.05, 4.69) is 11.6 Å². The molecule has 0 N–H and O–H groups in total. The molecular formula is C16H16FN. The van der Waals surface area contributed by atoms with Crippen molar-refractivity contribution in [1.82, 2.24) is 4.98 Å². The van der Waals surface area contributed by atoms with Gasteiger partial charge in [0, 0.05) is 11.6 Å². The molecule has 1 aromatic carbocycles. The predicted octanol–water partition coefficient (Wildman–Crippen LogP) is 4.59. The molecular weight excluding hydrogens is 225 g/mol. The van der Waals surface area contributed by atoms with E-state index in [1.54, 1.807) is 12.1 Å². The zero-order valence-electron chi connectivity index (χ0n) is 10.3. The number of halogens is 1. The van der Waals surface area contributed by atoms with Crippen molar-refractivity contribution in [2.24, 2.45) is 0 Å². The van der Waals surface area contributed by atoms with Crippen LogP contribution in [0.25, 0.3) is 10.9 Å². The van der Waals surface area contributed by atoms with Crippen molar-refractivity contribution in [2.45, 2.75) is 31.6 Å². The number of hydrogen-bond acceptors (Lipinski definition) is 1. The van der Waals surface area contributed by atoms with Gasteiger partial charge >= 0.3 is 0 Å². The summed E-state index contributed by atoms with van der Waals surface area (Å²) < 4.78 is 13.4. The number of aromatic nitrogens is 1. The molecule has 0 aliphatic heterocycles. The van der Waals surface area contributed by atoms with Gasteiger partial charge in [-0.25, -0.2) is 4.39 Å². The Hall–Kier alpha value is -1.70. The van der Waals surface area contributed by atoms with Gasteiger partial charge in [-0.15, -0.1) is 0 Å². The molecule has 0 bridgehead atoms. The predicted molar refractivity (Wildman–Crippen MR) is 72.1 cm³/mol. The number of fused-ring (bicyclic) bond motifs is 1. The minimum atomic E-state index is -0.183. The van der Waals surface area contributed by atoms with Crippen LogP contribution in [-0.2, 0) is 0 Å². The maximum atomic E-state index is 13.4. The smallest absolute Gasteiger partial charge is 0.123 e. The van der Waals surface area contributed by atoms with Crippen LogP contribution in [0.15, 0.2) is 42.6 Å². The monoisotopic (exact) mass is 241 g/mol. The van der Waals surface area contributed by atoms with Crippen molar-refractivity contribution in [3.05, 3.63) is 54.0 Å². The van der Waals surface area contributed by atoms with E-state index in [1.807, 2.05) is 12.3 Å². The number of rotatable bonds is 1. The van der Waals surface area contributed by atoms with E-state index in [0.29, 0.717) is 5.92 Å². The van der Waals surface area contributed by atoms with Crippen molar-refractivity contribution in [3.8, 4) is 0 Å². The lowest BCUT2D eigenvalue weighted by molar-refractivity contribution is 0.520. The maximum Gasteiger partial charge on any atom is 0.123 e. The van der Waals surface area contributed by atoms with Crippen molar-refractivity contribution < 1.29 is 4.39 Å². The molecule has 92 valence electrons. The first-order valence-electron chi connectivity index (χ1n) is 6.45. The summed E-state index contributed by atoms with van der Waals surface area (Å²) in [6.45, 7) is 4.05. The quantitative estimate of drug-likeness (QED) is 0.665. The highest BCUT2D eigenvalue weighted by molar-refractivity contribution is 5.82. The van der Waals surface area contributed by atoms with Crippen LogP contribution in [0.2, 0.25) is 0 Å². The average Bonchev–Trinajstić information content (AvgIpc) is 2.39. The Labute approximate surface area is 106 Å². The van der Waals surface area contributed by atoms with E-state index in [4.69, 9.17) is 0 Å². The van der Waals surface area contributed by atoms with E-state index in [-0.39, 0.29) is 5.82 Å². The fourth-order valence-electron chi connectivity index (χ4n) is 2.83. The lowest BCUT2D eigenvalue weighted by Crippen LogP contribution is -2.07. The van der Waals surface area contributed by atoms with Gasteiger partial charge in [-0.05, 0) is 61.4 Å². The highest BCUT2D eigenvalue weighted by atomic mass is 19.1. The molecule has 0 atom stereocenters. The van der Waals surface area contributed by atoms with E-state index >= 15 is 0 Å². The summed E-state index contributed by atoms with van der Waals surface area (Å²) in [6, 6.07) is 6.89. The van der Waals surface area contributed by atoms with Gasteiger partial charge < -0.3 is 0 Å². The van der Waals surface area contributed by atoms with Crippen molar-refractivity contribution >= 4 is 10.9 Å². The Kier molecular flexibility index (Phi) is 2.86. The van der Waals surface area contributed by atoms with Crippen LogP contribution in [0.5, 0.6) is 0 Å². The van der Waals surface area contributed by atoms with Gasteiger partial charge in [-0.2, -0.15) is 0 Å². The molecule has 1 aliphatic rings. The Bertz CT molecular complexity index is 593. The van der Waals surface area contributed by atoms with E-state index in [0.717, 1.165) is 36.6 Å². The Balaban J connectivity index is 2.05. The van der Waals surface area contributed by atoms with Crippen molar-refractivity contribution in [2.75, 3.05) is 0 Å². The minimum Gasteiger partial charge on any atom is -0.256 e. The lowest BCUT2D eigenvalue weighted by atomic mass is 9.81. The van der Waals surface area contributed by atoms with Crippen molar-refractivity contribution in [3.63, 3.8) is 0 Å². The summed E-state index contributed by atoms with van der Waals surface area (Å²) in [4.78, 5) is 4.31. The standard InChI is InChI=1S/C16H16FN/c1-11-2-4-12(5-3-11)14-8-9-18-16-7-6-13(17)10-15(14)16/h6-10,12H,1-5H2. The minimum absolute atomic E-state index is 0.183. The molecule has 0 spiro atoms. The fraction of sp³-hybridized carbons (Fsp3) is 0.312. The molecule has 0 saturated heterocycles. The molecule has 1 heterocycles. The van der Waals surface area contributed by atoms with Gasteiger partial charge in [0.05, 0.1) is 5.52 Å². The molecule has 1 nitrogen and oxygen atoms in total. The number of pyridine rings is 1. The van der Waals surface area contributed by atoms with Crippen LogP contribution in [-0.4, -0.2) is 4.98 Å². The van der Waals surface area contributed by atoms with Gasteiger partial charge in [0.2, 0.25) is 0 Å². The van der Waals surface area contributed by atoms with E-state index in [1.165, 1.54) is 17.2 Å². The first kappa shape index (κ1) is 11.4. The van der Waals surface area contributed by atoms with Gasteiger partial charge in [-0.1, -0.05) is 12.2 Å². The lowest BCUT2D eigenvalue weighted by Gasteiger charge is -2.24. The Morgan fingerprint density at radius 1 is 1.17 bits per heavy atom. The van der Waals surface area contributed by atoms with Crippen LogP contribution in [0, 0.1) is 5.82 Å². The highest BCUT2D eigenvalue weighted by Crippen LogP contribution is 2.37. The van der Waals surface area contributed by atoms with Crippen LogP contribution in [0.1, 0.15) is 37.2 Å². The first-order valence-corrected chi connectivity index (χ1v) is 6.45. The molecule has 2 aromatic rings. The summed E-state index contributed by atoms with van der Waals surface area (Å²) in [5, 5.41) is 0.968. The Morgan fingerprint density at radius 2 is 1.94 bits per heavy atom. The Morgan fingerprint density at radius 3 is 2.72 bits per heavy atom. The van der Waals surface area contributed by atoms with Crippen LogP contribution in [0.3, 0.4) is 0 Å². The molecule has 0 unspecified atom stereocenters. The summed E-state index contributed by atoms with van der Waals surface area (Å²) in [5.41, 5.74) is 3.47. The topological polar surface area (TPSA) is 12.9 Å². The SMILES string of the molecule is C=C1CCC(c2ccnc3ccc(F)cc23)CC1. The van der Waals surface area contributed by atoms with E-state index < -0.39 is 0 Å². The highest BCUT2D eigenvalue weighted by Gasteiger charge is 2.19.